The minimum atomic E-state index is -0.549. The smallest absolute Gasteiger partial charge is 0.414 e. The van der Waals surface area contributed by atoms with Gasteiger partial charge in [-0.15, -0.1) is 0 Å². The Morgan fingerprint density at radius 2 is 1.97 bits per heavy atom. The van der Waals surface area contributed by atoms with E-state index in [1.807, 2.05) is 17.0 Å². The zero-order valence-corrected chi connectivity index (χ0v) is 17.3. The summed E-state index contributed by atoms with van der Waals surface area (Å²) in [6, 6.07) is 8.46. The molecule has 2 aliphatic heterocycles. The average molecular weight is 428 g/mol. The maximum atomic E-state index is 14.9. The highest BCUT2D eigenvalue weighted by Gasteiger charge is 2.33. The molecule has 4 rings (SSSR count). The Kier molecular flexibility index (Phi) is 5.79. The number of pyridine rings is 1. The van der Waals surface area contributed by atoms with Gasteiger partial charge in [-0.05, 0) is 30.3 Å². The molecule has 10 heteroatoms. The van der Waals surface area contributed by atoms with E-state index in [4.69, 9.17) is 10.5 Å². The van der Waals surface area contributed by atoms with Crippen LogP contribution in [0.5, 0.6) is 0 Å². The summed E-state index contributed by atoms with van der Waals surface area (Å²) in [6.45, 7) is 4.59. The van der Waals surface area contributed by atoms with Gasteiger partial charge < -0.3 is 25.6 Å². The van der Waals surface area contributed by atoms with Crippen LogP contribution in [-0.4, -0.2) is 62.4 Å². The third-order valence-electron chi connectivity index (χ3n) is 5.41. The van der Waals surface area contributed by atoms with Gasteiger partial charge >= 0.3 is 6.09 Å². The normalized spacial score (nSPS) is 18.8. The lowest BCUT2D eigenvalue weighted by molar-refractivity contribution is -0.119. The van der Waals surface area contributed by atoms with Crippen LogP contribution in [0.3, 0.4) is 0 Å². The summed E-state index contributed by atoms with van der Waals surface area (Å²) in [6.07, 6.45) is 0.616. The van der Waals surface area contributed by atoms with E-state index in [2.05, 4.69) is 15.2 Å². The fraction of sp³-hybridized carbons (Fsp3) is 0.381. The van der Waals surface area contributed by atoms with Crippen molar-refractivity contribution < 1.29 is 18.7 Å². The summed E-state index contributed by atoms with van der Waals surface area (Å²) < 4.78 is 20.2. The number of piperazine rings is 1. The van der Waals surface area contributed by atoms with Crippen LogP contribution in [0.4, 0.5) is 32.1 Å². The summed E-state index contributed by atoms with van der Waals surface area (Å²) in [5, 5.41) is 2.62. The first-order valence-corrected chi connectivity index (χ1v) is 10.1. The standard InChI is InChI=1S/C21H25FN6O3/c1-14(29)24-12-17-13-28(21(30)31-17)16-3-4-19(18(22)10-16)26-6-8-27(9-7-26)20-5-2-15(23)11-25-20/h2-5,10-11,17H,6-9,12-13,23H2,1H3,(H,24,29)/t17-/m0/s1. The number of carbonyl (C=O) groups is 2. The fourth-order valence-corrected chi connectivity index (χ4v) is 3.78. The molecular formula is C21H25FN6O3. The molecule has 164 valence electrons. The van der Waals surface area contributed by atoms with Crippen molar-refractivity contribution in [2.45, 2.75) is 13.0 Å². The Morgan fingerprint density at radius 1 is 1.23 bits per heavy atom. The van der Waals surface area contributed by atoms with Crippen molar-refractivity contribution in [1.82, 2.24) is 10.3 Å². The molecule has 0 saturated carbocycles. The van der Waals surface area contributed by atoms with Gasteiger partial charge in [-0.1, -0.05) is 0 Å². The molecule has 2 aromatic rings. The number of halogens is 1. The quantitative estimate of drug-likeness (QED) is 0.745. The van der Waals surface area contributed by atoms with Gasteiger partial charge in [0, 0.05) is 33.1 Å². The number of benzene rings is 1. The highest BCUT2D eigenvalue weighted by molar-refractivity contribution is 5.90. The second-order valence-electron chi connectivity index (χ2n) is 7.61. The van der Waals surface area contributed by atoms with E-state index in [0.29, 0.717) is 43.2 Å². The molecule has 31 heavy (non-hydrogen) atoms. The predicted molar refractivity (Wildman–Crippen MR) is 116 cm³/mol. The van der Waals surface area contributed by atoms with Crippen LogP contribution in [0.25, 0.3) is 0 Å². The number of anilines is 4. The second-order valence-corrected chi connectivity index (χ2v) is 7.61. The maximum Gasteiger partial charge on any atom is 0.414 e. The number of carbonyl (C=O) groups excluding carboxylic acids is 2. The summed E-state index contributed by atoms with van der Waals surface area (Å²) in [5.41, 5.74) is 7.24. The van der Waals surface area contributed by atoms with Gasteiger partial charge in [0.05, 0.1) is 36.3 Å². The summed E-state index contributed by atoms with van der Waals surface area (Å²) in [7, 11) is 0. The molecule has 0 unspecified atom stereocenters. The zero-order chi connectivity index (χ0) is 22.0. The largest absolute Gasteiger partial charge is 0.442 e. The molecule has 2 fully saturated rings. The predicted octanol–water partition coefficient (Wildman–Crippen LogP) is 1.59. The molecule has 2 amide bonds. The molecule has 0 radical (unpaired) electrons. The fourth-order valence-electron chi connectivity index (χ4n) is 3.78. The van der Waals surface area contributed by atoms with Crippen molar-refractivity contribution in [2.24, 2.45) is 0 Å². The number of ether oxygens (including phenoxy) is 1. The van der Waals surface area contributed by atoms with E-state index < -0.39 is 18.0 Å². The van der Waals surface area contributed by atoms with Crippen LogP contribution < -0.4 is 25.8 Å². The Hall–Kier alpha value is -3.56. The van der Waals surface area contributed by atoms with Crippen molar-refractivity contribution >= 4 is 34.9 Å². The maximum absolute atomic E-state index is 14.9. The molecule has 3 heterocycles. The first-order valence-electron chi connectivity index (χ1n) is 10.1. The second kappa shape index (κ2) is 8.66. The number of nitrogens with two attached hydrogens (primary N) is 1. The van der Waals surface area contributed by atoms with Crippen molar-refractivity contribution in [3.8, 4) is 0 Å². The van der Waals surface area contributed by atoms with Gasteiger partial charge in [-0.2, -0.15) is 0 Å². The molecule has 0 spiro atoms. The van der Waals surface area contributed by atoms with Crippen molar-refractivity contribution in [3.63, 3.8) is 0 Å². The Balaban J connectivity index is 1.38. The first-order chi connectivity index (χ1) is 14.9. The van der Waals surface area contributed by atoms with Gasteiger partial charge in [0.15, 0.2) is 0 Å². The summed E-state index contributed by atoms with van der Waals surface area (Å²) in [4.78, 5) is 33.0. The number of rotatable bonds is 5. The van der Waals surface area contributed by atoms with E-state index in [0.717, 1.165) is 5.82 Å². The van der Waals surface area contributed by atoms with E-state index >= 15 is 0 Å². The van der Waals surface area contributed by atoms with Gasteiger partial charge in [-0.3, -0.25) is 9.69 Å². The highest BCUT2D eigenvalue weighted by Crippen LogP contribution is 2.29. The Morgan fingerprint density at radius 3 is 2.61 bits per heavy atom. The van der Waals surface area contributed by atoms with Crippen molar-refractivity contribution in [2.75, 3.05) is 59.7 Å². The number of nitrogen functional groups attached to an aromatic ring is 1. The third-order valence-corrected chi connectivity index (χ3v) is 5.41. The van der Waals surface area contributed by atoms with E-state index in [1.165, 1.54) is 17.9 Å². The van der Waals surface area contributed by atoms with Crippen LogP contribution in [-0.2, 0) is 9.53 Å². The number of nitrogens with one attached hydrogen (secondary N) is 1. The van der Waals surface area contributed by atoms with Gasteiger partial charge in [0.25, 0.3) is 0 Å². The molecule has 1 atom stereocenters. The number of hydrogen-bond acceptors (Lipinski definition) is 7. The van der Waals surface area contributed by atoms with Crippen molar-refractivity contribution in [1.29, 1.82) is 0 Å². The Labute approximate surface area is 179 Å². The third kappa shape index (κ3) is 4.62. The molecule has 2 aliphatic rings. The van der Waals surface area contributed by atoms with Crippen LogP contribution in [0, 0.1) is 5.82 Å². The molecule has 1 aromatic carbocycles. The number of cyclic esters (lactones) is 1. The minimum Gasteiger partial charge on any atom is -0.442 e. The molecular weight excluding hydrogens is 403 g/mol. The summed E-state index contributed by atoms with van der Waals surface area (Å²) >= 11 is 0. The number of hydrogen-bond donors (Lipinski definition) is 2. The molecule has 2 saturated heterocycles. The summed E-state index contributed by atoms with van der Waals surface area (Å²) in [5.74, 6) is 0.262. The van der Waals surface area contributed by atoms with E-state index in [-0.39, 0.29) is 19.0 Å². The van der Waals surface area contributed by atoms with E-state index in [1.54, 1.807) is 18.3 Å². The van der Waals surface area contributed by atoms with Crippen LogP contribution in [0.15, 0.2) is 36.5 Å². The lowest BCUT2D eigenvalue weighted by Gasteiger charge is -2.37. The minimum absolute atomic E-state index is 0.197. The van der Waals surface area contributed by atoms with Gasteiger partial charge in [-0.25, -0.2) is 14.2 Å². The van der Waals surface area contributed by atoms with Crippen LogP contribution in [0.1, 0.15) is 6.92 Å². The highest BCUT2D eigenvalue weighted by atomic mass is 19.1. The van der Waals surface area contributed by atoms with Crippen LogP contribution in [0.2, 0.25) is 0 Å². The molecule has 9 nitrogen and oxygen atoms in total. The topological polar surface area (TPSA) is 104 Å². The average Bonchev–Trinajstić information content (AvgIpc) is 3.13. The molecule has 1 aromatic heterocycles. The van der Waals surface area contributed by atoms with Gasteiger partial charge in [0.2, 0.25) is 5.91 Å². The van der Waals surface area contributed by atoms with E-state index in [9.17, 15) is 14.0 Å². The Bertz CT molecular complexity index is 962. The monoisotopic (exact) mass is 428 g/mol. The van der Waals surface area contributed by atoms with Crippen molar-refractivity contribution in [3.05, 3.63) is 42.3 Å². The molecule has 3 N–H and O–H groups in total. The molecule has 0 bridgehead atoms. The van der Waals surface area contributed by atoms with Gasteiger partial charge in [0.1, 0.15) is 17.7 Å². The van der Waals surface area contributed by atoms with Crippen LogP contribution >= 0.6 is 0 Å². The number of nitrogens with zero attached hydrogens (tertiary/aromatic N) is 4. The lowest BCUT2D eigenvalue weighted by Crippen LogP contribution is -2.47. The SMILES string of the molecule is CC(=O)NC[C@H]1CN(c2ccc(N3CCN(c4ccc(N)cn4)CC3)c(F)c2)C(=O)O1. The lowest BCUT2D eigenvalue weighted by atomic mass is 10.2. The number of aromatic nitrogens is 1. The molecule has 0 aliphatic carbocycles. The zero-order valence-electron chi connectivity index (χ0n) is 17.3. The number of amides is 2. The first kappa shape index (κ1) is 20.7.